The Morgan fingerprint density at radius 3 is 2.80 bits per heavy atom. The molecule has 3 heteroatoms. The summed E-state index contributed by atoms with van der Waals surface area (Å²) in [7, 11) is 0. The van der Waals surface area contributed by atoms with Crippen molar-refractivity contribution in [3.05, 3.63) is 22.4 Å². The molecule has 114 valence electrons. The molecule has 1 aliphatic heterocycles. The summed E-state index contributed by atoms with van der Waals surface area (Å²) in [6.07, 6.45) is 3.70. The van der Waals surface area contributed by atoms with Crippen LogP contribution in [-0.2, 0) is 6.42 Å². The van der Waals surface area contributed by atoms with Gasteiger partial charge in [0.05, 0.1) is 0 Å². The summed E-state index contributed by atoms with van der Waals surface area (Å²) < 4.78 is 0. The molecule has 1 fully saturated rings. The molecule has 1 aliphatic rings. The minimum atomic E-state index is 0.642. The predicted octanol–water partition coefficient (Wildman–Crippen LogP) is 3.78. The zero-order chi connectivity index (χ0) is 14.5. The van der Waals surface area contributed by atoms with Crippen molar-refractivity contribution in [3.8, 4) is 0 Å². The summed E-state index contributed by atoms with van der Waals surface area (Å²) >= 11 is 1.81. The average Bonchev–Trinajstić information content (AvgIpc) is 2.98. The Morgan fingerprint density at radius 2 is 2.20 bits per heavy atom. The van der Waals surface area contributed by atoms with E-state index in [9.17, 15) is 0 Å². The lowest BCUT2D eigenvalue weighted by Gasteiger charge is -2.45. The van der Waals surface area contributed by atoms with Gasteiger partial charge in [-0.05, 0) is 48.1 Å². The van der Waals surface area contributed by atoms with E-state index in [1.165, 1.54) is 31.4 Å². The Kier molecular flexibility index (Phi) is 6.06. The van der Waals surface area contributed by atoms with Crippen LogP contribution in [0.5, 0.6) is 0 Å². The second kappa shape index (κ2) is 7.58. The molecule has 1 N–H and O–H groups in total. The third kappa shape index (κ3) is 3.84. The number of hydrogen-bond donors (Lipinski definition) is 1. The van der Waals surface area contributed by atoms with Crippen LogP contribution in [0.3, 0.4) is 0 Å². The van der Waals surface area contributed by atoms with Gasteiger partial charge >= 0.3 is 0 Å². The number of nitrogens with one attached hydrogen (secondary N) is 1. The van der Waals surface area contributed by atoms with Gasteiger partial charge in [-0.25, -0.2) is 0 Å². The van der Waals surface area contributed by atoms with Crippen molar-refractivity contribution in [1.82, 2.24) is 10.2 Å². The van der Waals surface area contributed by atoms with E-state index in [1.807, 2.05) is 11.3 Å². The highest BCUT2D eigenvalue weighted by molar-refractivity contribution is 7.07. The molecule has 0 amide bonds. The van der Waals surface area contributed by atoms with Crippen LogP contribution >= 0.6 is 11.3 Å². The number of thiophene rings is 1. The summed E-state index contributed by atoms with van der Waals surface area (Å²) in [6.45, 7) is 11.8. The van der Waals surface area contributed by atoms with Crippen LogP contribution in [0.1, 0.15) is 46.1 Å². The number of nitrogens with zero attached hydrogens (tertiary/aromatic N) is 1. The number of piperazine rings is 1. The smallest absolute Gasteiger partial charge is 0.0221 e. The van der Waals surface area contributed by atoms with E-state index in [0.717, 1.165) is 12.5 Å². The molecule has 2 nitrogen and oxygen atoms in total. The fraction of sp³-hybridized carbons (Fsp3) is 0.765. The summed E-state index contributed by atoms with van der Waals surface area (Å²) in [4.78, 5) is 2.75. The Balaban J connectivity index is 2.00. The summed E-state index contributed by atoms with van der Waals surface area (Å²) in [6, 6.07) is 4.27. The molecule has 0 aromatic carbocycles. The zero-order valence-electron chi connectivity index (χ0n) is 13.4. The van der Waals surface area contributed by atoms with Gasteiger partial charge in [-0.3, -0.25) is 4.90 Å². The molecule has 4 unspecified atom stereocenters. The Hall–Kier alpha value is -0.380. The first-order valence-corrected chi connectivity index (χ1v) is 9.10. The molecule has 0 saturated carbocycles. The highest BCUT2D eigenvalue weighted by atomic mass is 32.1. The molecule has 20 heavy (non-hydrogen) atoms. The first-order chi connectivity index (χ1) is 9.65. The average molecular weight is 295 g/mol. The van der Waals surface area contributed by atoms with Crippen LogP contribution in [0.2, 0.25) is 0 Å². The van der Waals surface area contributed by atoms with Gasteiger partial charge in [0.1, 0.15) is 0 Å². The number of hydrogen-bond acceptors (Lipinski definition) is 3. The largest absolute Gasteiger partial charge is 0.311 e. The molecule has 1 aromatic heterocycles. The van der Waals surface area contributed by atoms with Gasteiger partial charge in [0.25, 0.3) is 0 Å². The lowest BCUT2D eigenvalue weighted by molar-refractivity contribution is 0.0709. The predicted molar refractivity (Wildman–Crippen MR) is 89.5 cm³/mol. The maximum atomic E-state index is 3.77. The maximum Gasteiger partial charge on any atom is 0.0221 e. The maximum absolute atomic E-state index is 3.77. The van der Waals surface area contributed by atoms with Gasteiger partial charge in [0.2, 0.25) is 0 Å². The lowest BCUT2D eigenvalue weighted by Crippen LogP contribution is -2.60. The van der Waals surface area contributed by atoms with Crippen LogP contribution < -0.4 is 5.32 Å². The van der Waals surface area contributed by atoms with E-state index >= 15 is 0 Å². The van der Waals surface area contributed by atoms with Gasteiger partial charge in [-0.2, -0.15) is 11.3 Å². The van der Waals surface area contributed by atoms with Crippen LogP contribution in [0, 0.1) is 5.92 Å². The highest BCUT2D eigenvalue weighted by Gasteiger charge is 2.31. The second-order valence-corrected chi connectivity index (χ2v) is 7.12. The molecule has 2 heterocycles. The Bertz CT molecular complexity index is 376. The van der Waals surface area contributed by atoms with Crippen molar-refractivity contribution < 1.29 is 0 Å². The second-order valence-electron chi connectivity index (χ2n) is 6.34. The fourth-order valence-electron chi connectivity index (χ4n) is 3.30. The molecular formula is C17H30N2S. The topological polar surface area (TPSA) is 15.3 Å². The summed E-state index contributed by atoms with van der Waals surface area (Å²) in [5.74, 6) is 0.767. The third-order valence-electron chi connectivity index (χ3n) is 4.97. The van der Waals surface area contributed by atoms with Crippen molar-refractivity contribution in [1.29, 1.82) is 0 Å². The molecular weight excluding hydrogens is 264 g/mol. The number of rotatable bonds is 6. The lowest BCUT2D eigenvalue weighted by atomic mass is 9.93. The molecule has 1 saturated heterocycles. The Morgan fingerprint density at radius 1 is 1.40 bits per heavy atom. The van der Waals surface area contributed by atoms with Gasteiger partial charge < -0.3 is 5.32 Å². The highest BCUT2D eigenvalue weighted by Crippen LogP contribution is 2.21. The molecule has 0 aliphatic carbocycles. The van der Waals surface area contributed by atoms with E-state index in [0.29, 0.717) is 18.1 Å². The van der Waals surface area contributed by atoms with E-state index in [4.69, 9.17) is 0 Å². The van der Waals surface area contributed by atoms with Crippen molar-refractivity contribution in [3.63, 3.8) is 0 Å². The van der Waals surface area contributed by atoms with Crippen molar-refractivity contribution in [2.75, 3.05) is 13.1 Å². The van der Waals surface area contributed by atoms with E-state index in [1.54, 1.807) is 0 Å². The standard InChI is InChI=1S/C17H30N2S/c1-5-13(3)17-11-19(16(6-2)10-18-17)14(4)9-15-7-8-20-12-15/h7-8,12-14,16-18H,5-6,9-11H2,1-4H3. The third-order valence-corrected chi connectivity index (χ3v) is 5.70. The van der Waals surface area contributed by atoms with Gasteiger partial charge in [0, 0.05) is 31.2 Å². The van der Waals surface area contributed by atoms with Crippen LogP contribution in [0.15, 0.2) is 16.8 Å². The van der Waals surface area contributed by atoms with Crippen LogP contribution in [0.4, 0.5) is 0 Å². The summed E-state index contributed by atoms with van der Waals surface area (Å²) in [5.41, 5.74) is 1.50. The first kappa shape index (κ1) is 16.0. The molecule has 0 bridgehead atoms. The SMILES string of the molecule is CCC(C)C1CN(C(C)Cc2ccsc2)C(CC)CN1. The van der Waals surface area contributed by atoms with Gasteiger partial charge in [0.15, 0.2) is 0 Å². The van der Waals surface area contributed by atoms with Crippen molar-refractivity contribution in [2.45, 2.75) is 65.1 Å². The summed E-state index contributed by atoms with van der Waals surface area (Å²) in [5, 5.41) is 8.27. The van der Waals surface area contributed by atoms with Gasteiger partial charge in [-0.15, -0.1) is 0 Å². The zero-order valence-corrected chi connectivity index (χ0v) is 14.2. The molecule has 0 radical (unpaired) electrons. The fourth-order valence-corrected chi connectivity index (χ4v) is 3.98. The molecule has 0 spiro atoms. The van der Waals surface area contributed by atoms with Gasteiger partial charge in [-0.1, -0.05) is 27.2 Å². The Labute approximate surface area is 128 Å². The minimum absolute atomic E-state index is 0.642. The van der Waals surface area contributed by atoms with E-state index in [-0.39, 0.29) is 0 Å². The normalized spacial score (nSPS) is 27.4. The molecule has 2 rings (SSSR count). The van der Waals surface area contributed by atoms with E-state index in [2.05, 4.69) is 54.7 Å². The molecule has 1 aromatic rings. The van der Waals surface area contributed by atoms with Crippen molar-refractivity contribution >= 4 is 11.3 Å². The monoisotopic (exact) mass is 294 g/mol. The van der Waals surface area contributed by atoms with Crippen molar-refractivity contribution in [2.24, 2.45) is 5.92 Å². The van der Waals surface area contributed by atoms with Crippen LogP contribution in [0.25, 0.3) is 0 Å². The quantitative estimate of drug-likeness (QED) is 0.859. The minimum Gasteiger partial charge on any atom is -0.311 e. The van der Waals surface area contributed by atoms with Crippen LogP contribution in [-0.4, -0.2) is 36.1 Å². The van der Waals surface area contributed by atoms with E-state index < -0.39 is 0 Å². The molecule has 4 atom stereocenters. The first-order valence-electron chi connectivity index (χ1n) is 8.15.